The fourth-order valence-electron chi connectivity index (χ4n) is 4.29. The van der Waals surface area contributed by atoms with Crippen LogP contribution in [0.15, 0.2) is 84.9 Å². The lowest BCUT2D eigenvalue weighted by atomic mass is 9.94. The Hall–Kier alpha value is -5.08. The number of nitro groups is 1. The maximum absolute atomic E-state index is 10.9. The van der Waals surface area contributed by atoms with Crippen LogP contribution >= 0.6 is 0 Å². The number of non-ortho nitro benzene ring substituents is 1. The minimum absolute atomic E-state index is 0.0963. The zero-order valence-corrected chi connectivity index (χ0v) is 22.1. The summed E-state index contributed by atoms with van der Waals surface area (Å²) in [4.78, 5) is 13.7. The lowest BCUT2D eigenvalue weighted by Gasteiger charge is -2.11. The van der Waals surface area contributed by atoms with Crippen LogP contribution in [-0.4, -0.2) is 4.92 Å². The van der Waals surface area contributed by atoms with Crippen molar-refractivity contribution in [1.29, 1.82) is 5.39 Å². The van der Waals surface area contributed by atoms with Crippen molar-refractivity contribution < 1.29 is 4.92 Å². The van der Waals surface area contributed by atoms with Crippen molar-refractivity contribution in [3.63, 3.8) is 0 Å². The standard InChI is InChI=1S/C34H30N3O2/c1-3-29-24-32(18-12-28-15-21-34(22-16-28)37(38)39)30(4-2)23-31(29)17-11-26-8-5-25(6-9-26)7-10-27-13-19-33(36-35)20-14-27/h5-24H,3-4H2,1-2H3/q+1/b10-7+,17-11+,18-12+. The fraction of sp³-hybridized carbons (Fsp3) is 0.118. The molecule has 0 heterocycles. The average Bonchev–Trinajstić information content (AvgIpc) is 2.98. The average molecular weight is 513 g/mol. The van der Waals surface area contributed by atoms with Gasteiger partial charge in [-0.15, -0.1) is 0 Å². The van der Waals surface area contributed by atoms with Gasteiger partial charge in [0.2, 0.25) is 5.39 Å². The zero-order valence-electron chi connectivity index (χ0n) is 22.1. The van der Waals surface area contributed by atoms with E-state index in [0.717, 1.165) is 35.1 Å². The van der Waals surface area contributed by atoms with E-state index in [1.165, 1.54) is 34.4 Å². The van der Waals surface area contributed by atoms with Crippen molar-refractivity contribution >= 4 is 47.8 Å². The first-order valence-electron chi connectivity index (χ1n) is 13.0. The Morgan fingerprint density at radius 2 is 1.00 bits per heavy atom. The van der Waals surface area contributed by atoms with Crippen molar-refractivity contribution in [3.05, 3.63) is 145 Å². The first-order valence-corrected chi connectivity index (χ1v) is 13.0. The quantitative estimate of drug-likeness (QED) is 0.0969. The molecule has 4 aromatic carbocycles. The zero-order chi connectivity index (χ0) is 27.6. The van der Waals surface area contributed by atoms with Gasteiger partial charge in [-0.3, -0.25) is 10.1 Å². The minimum atomic E-state index is -0.383. The normalized spacial score (nSPS) is 11.4. The van der Waals surface area contributed by atoms with E-state index in [1.807, 2.05) is 24.3 Å². The molecule has 0 saturated heterocycles. The van der Waals surface area contributed by atoms with Gasteiger partial charge in [0.15, 0.2) is 4.98 Å². The van der Waals surface area contributed by atoms with E-state index in [4.69, 9.17) is 5.39 Å². The third-order valence-corrected chi connectivity index (χ3v) is 6.59. The predicted molar refractivity (Wildman–Crippen MR) is 163 cm³/mol. The van der Waals surface area contributed by atoms with Crippen molar-refractivity contribution in [3.8, 4) is 0 Å². The molecule has 192 valence electrons. The Morgan fingerprint density at radius 1 is 0.641 bits per heavy atom. The van der Waals surface area contributed by atoms with Crippen molar-refractivity contribution in [2.24, 2.45) is 0 Å². The van der Waals surface area contributed by atoms with Crippen LogP contribution < -0.4 is 0 Å². The molecule has 4 rings (SSSR count). The van der Waals surface area contributed by atoms with Crippen LogP contribution in [0.25, 0.3) is 41.4 Å². The van der Waals surface area contributed by atoms with Gasteiger partial charge in [0.25, 0.3) is 5.69 Å². The van der Waals surface area contributed by atoms with Crippen molar-refractivity contribution in [2.45, 2.75) is 26.7 Å². The Bertz CT molecular complexity index is 1570. The highest BCUT2D eigenvalue weighted by Gasteiger charge is 2.06. The highest BCUT2D eigenvalue weighted by Crippen LogP contribution is 2.24. The molecular formula is C34H30N3O2+. The summed E-state index contributed by atoms with van der Waals surface area (Å²) >= 11 is 0. The third-order valence-electron chi connectivity index (χ3n) is 6.59. The molecule has 0 fully saturated rings. The van der Waals surface area contributed by atoms with Gasteiger partial charge in [0.1, 0.15) is 0 Å². The van der Waals surface area contributed by atoms with Gasteiger partial charge in [0, 0.05) is 24.3 Å². The van der Waals surface area contributed by atoms with E-state index in [2.05, 4.69) is 79.5 Å². The van der Waals surface area contributed by atoms with Crippen LogP contribution in [0.3, 0.4) is 0 Å². The lowest BCUT2D eigenvalue weighted by Crippen LogP contribution is -1.94. The Balaban J connectivity index is 1.49. The highest BCUT2D eigenvalue weighted by molar-refractivity contribution is 5.77. The number of aryl methyl sites for hydroxylation is 2. The molecule has 0 atom stereocenters. The number of hydrogen-bond acceptors (Lipinski definition) is 3. The van der Waals surface area contributed by atoms with Gasteiger partial charge in [-0.1, -0.05) is 86.7 Å². The summed E-state index contributed by atoms with van der Waals surface area (Å²) in [5.74, 6) is 0. The second kappa shape index (κ2) is 12.9. The Kier molecular flexibility index (Phi) is 8.95. The molecule has 0 unspecified atom stereocenters. The van der Waals surface area contributed by atoms with Crippen LogP contribution in [0.1, 0.15) is 58.4 Å². The summed E-state index contributed by atoms with van der Waals surface area (Å²) in [6.07, 6.45) is 14.3. The maximum Gasteiger partial charge on any atom is 0.385 e. The van der Waals surface area contributed by atoms with Crippen molar-refractivity contribution in [2.75, 3.05) is 0 Å². The molecule has 4 aromatic rings. The summed E-state index contributed by atoms with van der Waals surface area (Å²) < 4.78 is 0. The second-order valence-corrected chi connectivity index (χ2v) is 9.16. The van der Waals surface area contributed by atoms with E-state index in [9.17, 15) is 10.1 Å². The number of benzene rings is 4. The molecule has 0 amide bonds. The molecule has 0 aliphatic heterocycles. The molecule has 0 saturated carbocycles. The number of hydrogen-bond donors (Lipinski definition) is 0. The largest absolute Gasteiger partial charge is 0.385 e. The van der Waals surface area contributed by atoms with E-state index >= 15 is 0 Å². The molecule has 0 spiro atoms. The van der Waals surface area contributed by atoms with E-state index in [1.54, 1.807) is 24.3 Å². The summed E-state index contributed by atoms with van der Waals surface area (Å²) in [6, 6.07) is 26.9. The van der Waals surface area contributed by atoms with E-state index in [0.29, 0.717) is 5.69 Å². The SMILES string of the molecule is CCc1cc(/C=C/c2ccc([N+](=O)[O-])cc2)c(CC)cc1/C=C/c1ccc(/C=C/c2ccc([N+]#N)cc2)cc1. The molecule has 0 N–H and O–H groups in total. The van der Waals surface area contributed by atoms with Gasteiger partial charge in [0.05, 0.1) is 4.92 Å². The van der Waals surface area contributed by atoms with Crippen LogP contribution in [0.2, 0.25) is 0 Å². The molecule has 5 nitrogen and oxygen atoms in total. The molecule has 5 heteroatoms. The topological polar surface area (TPSA) is 71.3 Å². The molecule has 0 aliphatic rings. The number of nitrogens with zero attached hydrogens (tertiary/aromatic N) is 3. The van der Waals surface area contributed by atoms with Gasteiger partial charge < -0.3 is 0 Å². The van der Waals surface area contributed by atoms with Gasteiger partial charge in [-0.05, 0) is 81.6 Å². The number of rotatable bonds is 9. The summed E-state index contributed by atoms with van der Waals surface area (Å²) in [6.45, 7) is 4.32. The minimum Gasteiger partial charge on any atom is -0.258 e. The predicted octanol–water partition coefficient (Wildman–Crippen LogP) is 9.72. The smallest absolute Gasteiger partial charge is 0.258 e. The van der Waals surface area contributed by atoms with Crippen LogP contribution in [0, 0.1) is 15.5 Å². The molecular weight excluding hydrogens is 482 g/mol. The summed E-state index contributed by atoms with van der Waals surface area (Å²) in [5.41, 5.74) is 9.74. The molecule has 0 aromatic heterocycles. The summed E-state index contributed by atoms with van der Waals surface area (Å²) in [7, 11) is 0. The summed E-state index contributed by atoms with van der Waals surface area (Å²) in [5, 5.41) is 19.7. The number of diazo groups is 1. The van der Waals surface area contributed by atoms with Crippen LogP contribution in [0.4, 0.5) is 11.4 Å². The van der Waals surface area contributed by atoms with E-state index < -0.39 is 0 Å². The second-order valence-electron chi connectivity index (χ2n) is 9.16. The Morgan fingerprint density at radius 3 is 1.36 bits per heavy atom. The first-order chi connectivity index (χ1) is 19.0. The van der Waals surface area contributed by atoms with Crippen molar-refractivity contribution in [1.82, 2.24) is 0 Å². The molecule has 0 aliphatic carbocycles. The Labute approximate surface area is 229 Å². The van der Waals surface area contributed by atoms with Gasteiger partial charge in [-0.25, -0.2) is 0 Å². The van der Waals surface area contributed by atoms with Gasteiger partial charge in [-0.2, -0.15) is 0 Å². The molecule has 39 heavy (non-hydrogen) atoms. The highest BCUT2D eigenvalue weighted by atomic mass is 16.6. The third kappa shape index (κ3) is 7.24. The monoisotopic (exact) mass is 512 g/mol. The van der Waals surface area contributed by atoms with Gasteiger partial charge >= 0.3 is 5.69 Å². The fourth-order valence-corrected chi connectivity index (χ4v) is 4.29. The number of nitro benzene ring substituents is 1. The molecule has 0 radical (unpaired) electrons. The van der Waals surface area contributed by atoms with Crippen LogP contribution in [-0.2, 0) is 12.8 Å². The molecule has 0 bridgehead atoms. The van der Waals surface area contributed by atoms with E-state index in [-0.39, 0.29) is 10.6 Å². The lowest BCUT2D eigenvalue weighted by molar-refractivity contribution is -0.384. The first kappa shape index (κ1) is 27.0. The maximum atomic E-state index is 10.9. The van der Waals surface area contributed by atoms with Crippen LogP contribution in [0.5, 0.6) is 0 Å².